The second-order valence-electron chi connectivity index (χ2n) is 19.2. The molecule has 0 amide bonds. The number of likely N-dealkylation sites (N-methyl/N-ethyl adjacent to an activating group) is 1. The first-order valence-corrected chi connectivity index (χ1v) is 23.9. The Morgan fingerprint density at radius 3 is 2.27 bits per heavy atom. The summed E-state index contributed by atoms with van der Waals surface area (Å²) in [7, 11) is 8.58. The molecule has 2 aromatic rings. The van der Waals surface area contributed by atoms with Crippen molar-refractivity contribution < 1.29 is 52.2 Å². The van der Waals surface area contributed by atoms with Crippen LogP contribution in [0.2, 0.25) is 0 Å². The molecule has 3 aliphatic carbocycles. The van der Waals surface area contributed by atoms with Crippen LogP contribution in [0.25, 0.3) is 11.3 Å². The molecule has 0 bridgehead atoms. The van der Waals surface area contributed by atoms with Crippen molar-refractivity contribution in [1.29, 1.82) is 0 Å². The van der Waals surface area contributed by atoms with Gasteiger partial charge in [-0.1, -0.05) is 25.1 Å². The highest BCUT2D eigenvalue weighted by molar-refractivity contribution is 5.99. The van der Waals surface area contributed by atoms with E-state index in [1.54, 1.807) is 28.4 Å². The van der Waals surface area contributed by atoms with E-state index in [0.717, 1.165) is 61.1 Å². The van der Waals surface area contributed by atoms with Crippen LogP contribution in [0.4, 0.5) is 0 Å². The van der Waals surface area contributed by atoms with Crippen LogP contribution in [-0.2, 0) is 47.5 Å². The van der Waals surface area contributed by atoms with Crippen molar-refractivity contribution in [3.05, 3.63) is 42.1 Å². The molecule has 64 heavy (non-hydrogen) atoms. The lowest BCUT2D eigenvalue weighted by Gasteiger charge is -2.44. The Bertz CT molecular complexity index is 1910. The molecule has 5 fully saturated rings. The molecule has 0 radical (unpaired) electrons. The topological polar surface area (TPSA) is 160 Å². The molecule has 354 valence electrons. The number of aromatic nitrogens is 3. The van der Waals surface area contributed by atoms with Gasteiger partial charge in [-0.3, -0.25) is 9.59 Å². The number of cyclic esters (lactones) is 1. The molecule has 8 rings (SSSR count). The lowest BCUT2D eigenvalue weighted by atomic mass is 9.64. The maximum Gasteiger partial charge on any atom is 0.306 e. The van der Waals surface area contributed by atoms with Gasteiger partial charge in [-0.25, -0.2) is 4.68 Å². The Labute approximate surface area is 378 Å². The van der Waals surface area contributed by atoms with Crippen LogP contribution in [-0.4, -0.2) is 130 Å². The number of nitrogens with one attached hydrogen (secondary N) is 1. The zero-order valence-electron chi connectivity index (χ0n) is 39.3. The quantitative estimate of drug-likeness (QED) is 0.231. The first-order chi connectivity index (χ1) is 31.0. The lowest BCUT2D eigenvalue weighted by molar-refractivity contribution is -0.314. The Morgan fingerprint density at radius 2 is 1.58 bits per heavy atom. The van der Waals surface area contributed by atoms with Gasteiger partial charge in [-0.15, -0.1) is 5.10 Å². The number of methoxy groups -OCH3 is 4. The molecule has 3 aliphatic heterocycles. The van der Waals surface area contributed by atoms with Crippen molar-refractivity contribution in [3.8, 4) is 17.0 Å². The van der Waals surface area contributed by atoms with Gasteiger partial charge in [0.2, 0.25) is 0 Å². The van der Waals surface area contributed by atoms with Gasteiger partial charge in [0.25, 0.3) is 0 Å². The van der Waals surface area contributed by atoms with E-state index in [1.165, 1.54) is 0 Å². The fraction of sp³-hybridized carbons (Fsp3) is 0.755. The highest BCUT2D eigenvalue weighted by Crippen LogP contribution is 2.60. The maximum atomic E-state index is 15.2. The molecule has 1 N–H and O–H groups in total. The third-order valence-electron chi connectivity index (χ3n) is 15.8. The van der Waals surface area contributed by atoms with Gasteiger partial charge in [-0.05, 0) is 132 Å². The number of carbonyl (C=O) groups excluding carboxylic acids is 2. The lowest BCUT2D eigenvalue weighted by Crippen LogP contribution is -2.59. The predicted octanol–water partition coefficient (Wildman–Crippen LogP) is 6.49. The number of esters is 1. The van der Waals surface area contributed by atoms with Crippen molar-refractivity contribution >= 4 is 11.8 Å². The third-order valence-corrected chi connectivity index (χ3v) is 15.8. The van der Waals surface area contributed by atoms with Gasteiger partial charge >= 0.3 is 5.97 Å². The number of Topliss-reactive ketones (excluding diaryl/α,β-unsaturated/α-hetero) is 1. The van der Waals surface area contributed by atoms with Crippen molar-refractivity contribution in [1.82, 2.24) is 20.3 Å². The van der Waals surface area contributed by atoms with Gasteiger partial charge in [0, 0.05) is 44.8 Å². The monoisotopic (exact) mass is 893 g/mol. The number of rotatable bonds is 12. The second kappa shape index (κ2) is 20.7. The molecule has 6 aliphatic rings. The minimum Gasteiger partial charge on any atom is -0.497 e. The summed E-state index contributed by atoms with van der Waals surface area (Å²) in [5.74, 6) is 0.0891. The minimum atomic E-state index is -0.679. The number of ether oxygens (including phenoxy) is 9. The van der Waals surface area contributed by atoms with Crippen molar-refractivity contribution in [2.75, 3.05) is 35.5 Å². The van der Waals surface area contributed by atoms with E-state index in [2.05, 4.69) is 30.3 Å². The molecule has 0 spiro atoms. The van der Waals surface area contributed by atoms with E-state index < -0.39 is 18.3 Å². The zero-order valence-corrected chi connectivity index (χ0v) is 39.3. The van der Waals surface area contributed by atoms with E-state index in [1.807, 2.05) is 56.0 Å². The zero-order chi connectivity index (χ0) is 45.2. The summed E-state index contributed by atoms with van der Waals surface area (Å²) >= 11 is 0. The first kappa shape index (κ1) is 47.2. The SMILES string of the molecule is CC[C@H]1CCC[C@H](O[C@H]2CC[C@H](NC)C(C)O2)[C@@H](C)C(=O)C2=C[C@@H]3[C@@H](C[C@@H](n4cc(-c5ccc(OC)cc5)nn4)[C@@H]4C[C@@H](O[C@@H]5OC(C)[C@H](OC)C(OC)[C@@H]5OC)C[C@@H]34)[C@@H]2CC(=O)O1. The Kier molecular flexibility index (Phi) is 15.3. The molecule has 1 aromatic heterocycles. The summed E-state index contributed by atoms with van der Waals surface area (Å²) in [6, 6.07) is 8.01. The first-order valence-electron chi connectivity index (χ1n) is 23.9. The number of hydrogen-bond donors (Lipinski definition) is 1. The van der Waals surface area contributed by atoms with Crippen LogP contribution in [0.1, 0.15) is 97.9 Å². The van der Waals surface area contributed by atoms with Crippen LogP contribution in [0.3, 0.4) is 0 Å². The number of hydrogen-bond acceptors (Lipinski definition) is 14. The Balaban J connectivity index is 1.12. The summed E-state index contributed by atoms with van der Waals surface area (Å²) in [6.07, 6.45) is 7.85. The van der Waals surface area contributed by atoms with Crippen LogP contribution in [0.15, 0.2) is 42.1 Å². The Morgan fingerprint density at radius 1 is 0.828 bits per heavy atom. The average Bonchev–Trinajstić information content (AvgIpc) is 4.05. The van der Waals surface area contributed by atoms with Crippen LogP contribution in [0, 0.1) is 35.5 Å². The summed E-state index contributed by atoms with van der Waals surface area (Å²) in [5.41, 5.74) is 2.43. The summed E-state index contributed by atoms with van der Waals surface area (Å²) in [5, 5.41) is 12.8. The molecule has 3 unspecified atom stereocenters. The van der Waals surface area contributed by atoms with Gasteiger partial charge < -0.3 is 47.9 Å². The predicted molar refractivity (Wildman–Crippen MR) is 236 cm³/mol. The van der Waals surface area contributed by atoms with Crippen LogP contribution in [0.5, 0.6) is 5.75 Å². The number of nitrogens with zero attached hydrogens (tertiary/aromatic N) is 3. The molecule has 18 atom stereocenters. The highest BCUT2D eigenvalue weighted by Gasteiger charge is 2.57. The van der Waals surface area contributed by atoms with E-state index >= 15 is 4.79 Å². The van der Waals surface area contributed by atoms with Crippen LogP contribution >= 0.6 is 0 Å². The fourth-order valence-electron chi connectivity index (χ4n) is 12.3. The van der Waals surface area contributed by atoms with Gasteiger partial charge in [0.15, 0.2) is 18.4 Å². The normalized spacial score (nSPS) is 40.6. The third kappa shape index (κ3) is 9.60. The summed E-state index contributed by atoms with van der Waals surface area (Å²) < 4.78 is 57.9. The molecule has 3 saturated heterocycles. The standard InChI is InChI=1S/C49H72N4O11/c1-10-30-12-11-13-42(64-44-19-18-39(50-5)27(3)60-44)26(2)45(55)38-22-34-33-20-32(63-49-48(59-9)47(58-8)46(57-7)28(4)61-49)21-37(33)41(23-35(34)36(38)24-43(54)62-30)53-25-40(51-52-53)29-14-16-31(56-6)17-15-29/h14-17,22,25-28,30,32-37,39,41-42,44,46-50H,10-13,18-21,23-24H2,1-9H3/t26-,27?,28?,30+,32+,33+,34+,35-,36+,37-,39+,41-,42+,44+,46+,47?,48+,49+/m1/s1. The molecule has 4 heterocycles. The van der Waals surface area contributed by atoms with Crippen molar-refractivity contribution in [2.24, 2.45) is 35.5 Å². The van der Waals surface area contributed by atoms with Gasteiger partial charge in [-0.2, -0.15) is 0 Å². The van der Waals surface area contributed by atoms with Gasteiger partial charge in [0.1, 0.15) is 35.9 Å². The molecule has 15 nitrogen and oxygen atoms in total. The molecular weight excluding hydrogens is 821 g/mol. The second-order valence-corrected chi connectivity index (χ2v) is 19.2. The van der Waals surface area contributed by atoms with E-state index in [-0.39, 0.29) is 109 Å². The smallest absolute Gasteiger partial charge is 0.306 e. The summed E-state index contributed by atoms with van der Waals surface area (Å²) in [6.45, 7) is 8.12. The number of allylic oxidation sites excluding steroid dienone is 2. The van der Waals surface area contributed by atoms with Gasteiger partial charge in [0.05, 0.1) is 50.2 Å². The Hall–Kier alpha value is -3.28. The number of fused-ring (bicyclic) bond motifs is 5. The van der Waals surface area contributed by atoms with Crippen molar-refractivity contribution in [3.63, 3.8) is 0 Å². The number of ketones is 1. The largest absolute Gasteiger partial charge is 0.497 e. The molecule has 2 saturated carbocycles. The van der Waals surface area contributed by atoms with E-state index in [4.69, 9.17) is 47.8 Å². The fourth-order valence-corrected chi connectivity index (χ4v) is 12.3. The van der Waals surface area contributed by atoms with E-state index in [9.17, 15) is 4.79 Å². The van der Waals surface area contributed by atoms with E-state index in [0.29, 0.717) is 19.3 Å². The number of carbonyl (C=O) groups is 2. The molecular formula is C49H72N4O11. The molecule has 15 heteroatoms. The maximum absolute atomic E-state index is 15.2. The molecule has 1 aromatic carbocycles. The highest BCUT2D eigenvalue weighted by atomic mass is 16.7. The minimum absolute atomic E-state index is 0.00976. The summed E-state index contributed by atoms with van der Waals surface area (Å²) in [4.78, 5) is 29.2. The van der Waals surface area contributed by atoms with Crippen LogP contribution < -0.4 is 10.1 Å². The number of benzene rings is 1. The van der Waals surface area contributed by atoms with Crippen molar-refractivity contribution in [2.45, 2.75) is 165 Å². The average molecular weight is 893 g/mol.